The van der Waals surface area contributed by atoms with E-state index in [0.717, 1.165) is 19.0 Å². The van der Waals surface area contributed by atoms with Crippen molar-refractivity contribution in [1.82, 2.24) is 4.90 Å². The minimum atomic E-state index is -0.761. The number of ether oxygens (including phenoxy) is 1. The molecule has 2 unspecified atom stereocenters. The SMILES string of the molecule is CC(CC1CCC1)N1CCOC(CC(=O)O)C1. The molecular formula is C13H23NO3. The van der Waals surface area contributed by atoms with Crippen LogP contribution in [-0.4, -0.2) is 47.8 Å². The van der Waals surface area contributed by atoms with Crippen LogP contribution in [0.5, 0.6) is 0 Å². The molecule has 1 saturated heterocycles. The molecule has 17 heavy (non-hydrogen) atoms. The van der Waals surface area contributed by atoms with Crippen LogP contribution in [0, 0.1) is 5.92 Å². The molecule has 2 atom stereocenters. The first-order valence-corrected chi connectivity index (χ1v) is 6.72. The van der Waals surface area contributed by atoms with E-state index in [1.165, 1.54) is 25.7 Å². The van der Waals surface area contributed by atoms with Crippen LogP contribution in [0.4, 0.5) is 0 Å². The summed E-state index contributed by atoms with van der Waals surface area (Å²) in [4.78, 5) is 13.1. The summed E-state index contributed by atoms with van der Waals surface area (Å²) in [5.74, 6) is 0.147. The molecule has 4 nitrogen and oxygen atoms in total. The van der Waals surface area contributed by atoms with Gasteiger partial charge in [-0.2, -0.15) is 0 Å². The molecule has 0 aromatic rings. The van der Waals surface area contributed by atoms with Crippen molar-refractivity contribution in [3.8, 4) is 0 Å². The lowest BCUT2D eigenvalue weighted by atomic mass is 9.81. The van der Waals surface area contributed by atoms with E-state index in [2.05, 4.69) is 11.8 Å². The van der Waals surface area contributed by atoms with E-state index in [9.17, 15) is 4.79 Å². The second-order valence-corrected chi connectivity index (χ2v) is 5.47. The maximum absolute atomic E-state index is 10.7. The molecule has 1 aliphatic carbocycles. The van der Waals surface area contributed by atoms with Gasteiger partial charge in [-0.05, 0) is 19.3 Å². The van der Waals surface area contributed by atoms with Crippen LogP contribution < -0.4 is 0 Å². The normalized spacial score (nSPS) is 28.6. The lowest BCUT2D eigenvalue weighted by molar-refractivity contribution is -0.142. The molecule has 0 bridgehead atoms. The van der Waals surface area contributed by atoms with E-state index in [1.54, 1.807) is 0 Å². The molecule has 2 rings (SSSR count). The molecule has 2 fully saturated rings. The highest BCUT2D eigenvalue weighted by atomic mass is 16.5. The first-order valence-electron chi connectivity index (χ1n) is 6.72. The molecule has 0 radical (unpaired) electrons. The first kappa shape index (κ1) is 12.8. The molecule has 0 spiro atoms. The van der Waals surface area contributed by atoms with Gasteiger partial charge in [0.2, 0.25) is 0 Å². The topological polar surface area (TPSA) is 49.8 Å². The Morgan fingerprint density at radius 1 is 1.53 bits per heavy atom. The summed E-state index contributed by atoms with van der Waals surface area (Å²) < 4.78 is 5.49. The number of hydrogen-bond donors (Lipinski definition) is 1. The molecule has 1 aliphatic heterocycles. The highest BCUT2D eigenvalue weighted by Crippen LogP contribution is 2.31. The molecule has 4 heteroatoms. The van der Waals surface area contributed by atoms with Crippen molar-refractivity contribution in [2.45, 2.75) is 51.2 Å². The zero-order valence-electron chi connectivity index (χ0n) is 10.6. The number of nitrogens with zero attached hydrogens (tertiary/aromatic N) is 1. The highest BCUT2D eigenvalue weighted by molar-refractivity contribution is 5.67. The van der Waals surface area contributed by atoms with E-state index in [0.29, 0.717) is 12.6 Å². The van der Waals surface area contributed by atoms with Crippen LogP contribution in [-0.2, 0) is 9.53 Å². The molecule has 1 saturated carbocycles. The summed E-state index contributed by atoms with van der Waals surface area (Å²) in [6.45, 7) is 4.67. The highest BCUT2D eigenvalue weighted by Gasteiger charge is 2.28. The zero-order chi connectivity index (χ0) is 12.3. The van der Waals surface area contributed by atoms with Gasteiger partial charge < -0.3 is 9.84 Å². The van der Waals surface area contributed by atoms with Gasteiger partial charge in [-0.3, -0.25) is 9.69 Å². The Balaban J connectivity index is 1.76. The summed E-state index contributed by atoms with van der Waals surface area (Å²) in [7, 11) is 0. The standard InChI is InChI=1S/C13H23NO3/c1-10(7-11-3-2-4-11)14-5-6-17-12(9-14)8-13(15)16/h10-12H,2-9H2,1H3,(H,15,16). The van der Waals surface area contributed by atoms with Crippen molar-refractivity contribution in [2.24, 2.45) is 5.92 Å². The quantitative estimate of drug-likeness (QED) is 0.796. The van der Waals surface area contributed by atoms with Crippen molar-refractivity contribution in [2.75, 3.05) is 19.7 Å². The third-order valence-electron chi connectivity index (χ3n) is 4.10. The van der Waals surface area contributed by atoms with Crippen LogP contribution in [0.15, 0.2) is 0 Å². The van der Waals surface area contributed by atoms with Crippen molar-refractivity contribution in [3.63, 3.8) is 0 Å². The molecular weight excluding hydrogens is 218 g/mol. The Hall–Kier alpha value is -0.610. The Morgan fingerprint density at radius 2 is 2.29 bits per heavy atom. The summed E-state index contributed by atoms with van der Waals surface area (Å²) >= 11 is 0. The van der Waals surface area contributed by atoms with Gasteiger partial charge in [0, 0.05) is 19.1 Å². The number of rotatable bonds is 5. The van der Waals surface area contributed by atoms with Gasteiger partial charge in [-0.25, -0.2) is 0 Å². The summed E-state index contributed by atoms with van der Waals surface area (Å²) in [5, 5.41) is 8.78. The van der Waals surface area contributed by atoms with Crippen molar-refractivity contribution in [1.29, 1.82) is 0 Å². The Labute approximate surface area is 103 Å². The monoisotopic (exact) mass is 241 g/mol. The summed E-state index contributed by atoms with van der Waals surface area (Å²) in [6, 6.07) is 0.570. The van der Waals surface area contributed by atoms with E-state index in [1.807, 2.05) is 0 Å². The van der Waals surface area contributed by atoms with Gasteiger partial charge in [0.1, 0.15) is 0 Å². The largest absolute Gasteiger partial charge is 0.481 e. The van der Waals surface area contributed by atoms with Crippen molar-refractivity contribution >= 4 is 5.97 Å². The lowest BCUT2D eigenvalue weighted by Crippen LogP contribution is -2.48. The third kappa shape index (κ3) is 3.68. The number of hydrogen-bond acceptors (Lipinski definition) is 3. The van der Waals surface area contributed by atoms with Gasteiger partial charge >= 0.3 is 5.97 Å². The van der Waals surface area contributed by atoms with Gasteiger partial charge in [0.25, 0.3) is 0 Å². The second kappa shape index (κ2) is 5.83. The molecule has 0 amide bonds. The van der Waals surface area contributed by atoms with Gasteiger partial charge in [-0.1, -0.05) is 19.3 Å². The zero-order valence-corrected chi connectivity index (χ0v) is 10.6. The molecule has 2 aliphatic rings. The van der Waals surface area contributed by atoms with E-state index in [-0.39, 0.29) is 12.5 Å². The predicted octanol–water partition coefficient (Wildman–Crippen LogP) is 1.74. The Kier molecular flexibility index (Phi) is 4.40. The van der Waals surface area contributed by atoms with Crippen LogP contribution >= 0.6 is 0 Å². The molecule has 0 aromatic carbocycles. The fourth-order valence-electron chi connectivity index (χ4n) is 2.82. The number of carboxylic acid groups (broad SMARTS) is 1. The van der Waals surface area contributed by atoms with Crippen molar-refractivity contribution < 1.29 is 14.6 Å². The maximum Gasteiger partial charge on any atom is 0.306 e. The van der Waals surface area contributed by atoms with Crippen LogP contribution in [0.25, 0.3) is 0 Å². The van der Waals surface area contributed by atoms with E-state index in [4.69, 9.17) is 9.84 Å². The Bertz CT molecular complexity index is 265. The minimum absolute atomic E-state index is 0.120. The first-order chi connectivity index (χ1) is 8.15. The van der Waals surface area contributed by atoms with Gasteiger partial charge in [0.05, 0.1) is 19.1 Å². The van der Waals surface area contributed by atoms with Crippen LogP contribution in [0.1, 0.15) is 39.0 Å². The lowest BCUT2D eigenvalue weighted by Gasteiger charge is -2.39. The maximum atomic E-state index is 10.7. The van der Waals surface area contributed by atoms with Crippen LogP contribution in [0.2, 0.25) is 0 Å². The molecule has 1 N–H and O–H groups in total. The second-order valence-electron chi connectivity index (χ2n) is 5.47. The summed E-state index contributed by atoms with van der Waals surface area (Å²) in [6.07, 6.45) is 5.43. The van der Waals surface area contributed by atoms with E-state index < -0.39 is 5.97 Å². The number of aliphatic carboxylic acids is 1. The number of carboxylic acids is 1. The fourth-order valence-corrected chi connectivity index (χ4v) is 2.82. The average Bonchev–Trinajstić information content (AvgIpc) is 2.22. The van der Waals surface area contributed by atoms with E-state index >= 15 is 0 Å². The Morgan fingerprint density at radius 3 is 2.88 bits per heavy atom. The molecule has 0 aromatic heterocycles. The number of morpholine rings is 1. The molecule has 98 valence electrons. The van der Waals surface area contributed by atoms with Gasteiger partial charge in [0.15, 0.2) is 0 Å². The average molecular weight is 241 g/mol. The summed E-state index contributed by atoms with van der Waals surface area (Å²) in [5.41, 5.74) is 0. The number of carbonyl (C=O) groups is 1. The molecule has 1 heterocycles. The van der Waals surface area contributed by atoms with Crippen molar-refractivity contribution in [3.05, 3.63) is 0 Å². The fraction of sp³-hybridized carbons (Fsp3) is 0.923. The third-order valence-corrected chi connectivity index (χ3v) is 4.10. The van der Waals surface area contributed by atoms with Gasteiger partial charge in [-0.15, -0.1) is 0 Å². The minimum Gasteiger partial charge on any atom is -0.481 e. The van der Waals surface area contributed by atoms with Crippen LogP contribution in [0.3, 0.4) is 0 Å². The predicted molar refractivity (Wildman–Crippen MR) is 65.0 cm³/mol. The smallest absolute Gasteiger partial charge is 0.306 e.